The van der Waals surface area contributed by atoms with Gasteiger partial charge in [-0.1, -0.05) is 12.1 Å². The Hall–Kier alpha value is -2.56. The van der Waals surface area contributed by atoms with Crippen molar-refractivity contribution in [2.45, 2.75) is 18.9 Å². The van der Waals surface area contributed by atoms with E-state index in [1.807, 2.05) is 14.1 Å². The number of nitrogens with two attached hydrogens (primary N) is 1. The summed E-state index contributed by atoms with van der Waals surface area (Å²) in [5, 5.41) is 0. The Morgan fingerprint density at radius 1 is 1.17 bits per heavy atom. The molecule has 1 saturated heterocycles. The van der Waals surface area contributed by atoms with E-state index in [-0.39, 0.29) is 0 Å². The van der Waals surface area contributed by atoms with Crippen LogP contribution in [0.4, 0.5) is 5.95 Å². The third-order valence-corrected chi connectivity index (χ3v) is 6.92. The highest BCUT2D eigenvalue weighted by molar-refractivity contribution is 7.86. The van der Waals surface area contributed by atoms with Gasteiger partial charge in [-0.15, -0.1) is 0 Å². The van der Waals surface area contributed by atoms with Gasteiger partial charge in [-0.25, -0.2) is 9.97 Å². The zero-order chi connectivity index (χ0) is 21.3. The molecule has 3 rings (SSSR count). The molecule has 1 aromatic carbocycles. The van der Waals surface area contributed by atoms with Crippen LogP contribution in [0.3, 0.4) is 0 Å². The van der Waals surface area contributed by atoms with Crippen LogP contribution in [0.5, 0.6) is 0 Å². The Kier molecular flexibility index (Phi) is 5.87. The monoisotopic (exact) mass is 418 g/mol. The van der Waals surface area contributed by atoms with Crippen molar-refractivity contribution in [2.24, 2.45) is 5.73 Å². The summed E-state index contributed by atoms with van der Waals surface area (Å²) in [6.45, 7) is 0.437. The number of hydrogen-bond donors (Lipinski definition) is 1. The van der Waals surface area contributed by atoms with Gasteiger partial charge in [0.1, 0.15) is 0 Å². The molecular formula is C19H26N6O3S. The molecule has 1 amide bonds. The van der Waals surface area contributed by atoms with Crippen molar-refractivity contribution in [1.29, 1.82) is 0 Å². The number of hydrogen-bond acceptors (Lipinski definition) is 6. The second-order valence-electron chi connectivity index (χ2n) is 7.36. The number of anilines is 1. The van der Waals surface area contributed by atoms with Crippen LogP contribution in [0.15, 0.2) is 30.5 Å². The number of nitrogens with zero attached hydrogens (tertiary/aromatic N) is 5. The first-order valence-electron chi connectivity index (χ1n) is 9.26. The van der Waals surface area contributed by atoms with E-state index in [1.165, 1.54) is 22.7 Å². The maximum absolute atomic E-state index is 12.8. The summed E-state index contributed by atoms with van der Waals surface area (Å²) >= 11 is 0. The molecule has 1 aromatic heterocycles. The van der Waals surface area contributed by atoms with Crippen molar-refractivity contribution >= 4 is 22.1 Å². The highest BCUT2D eigenvalue weighted by Crippen LogP contribution is 2.39. The van der Waals surface area contributed by atoms with Crippen molar-refractivity contribution in [1.82, 2.24) is 18.6 Å². The molecule has 1 aliphatic rings. The quantitative estimate of drug-likeness (QED) is 0.755. The molecule has 2 heterocycles. The highest BCUT2D eigenvalue weighted by atomic mass is 32.2. The second-order valence-corrected chi connectivity index (χ2v) is 9.46. The van der Waals surface area contributed by atoms with Crippen LogP contribution in [0, 0.1) is 0 Å². The molecule has 0 aliphatic carbocycles. The first-order chi connectivity index (χ1) is 13.6. The Balaban J connectivity index is 2.13. The van der Waals surface area contributed by atoms with Gasteiger partial charge in [-0.2, -0.15) is 17.0 Å². The van der Waals surface area contributed by atoms with Gasteiger partial charge < -0.3 is 10.6 Å². The molecule has 0 saturated carbocycles. The molecule has 0 spiro atoms. The summed E-state index contributed by atoms with van der Waals surface area (Å²) in [5.74, 6) is 0.00151. The number of benzene rings is 1. The van der Waals surface area contributed by atoms with E-state index in [9.17, 15) is 13.2 Å². The molecule has 0 radical (unpaired) electrons. The summed E-state index contributed by atoms with van der Waals surface area (Å²) in [4.78, 5) is 22.3. The average Bonchev–Trinajstić information content (AvgIpc) is 3.18. The minimum absolute atomic E-state index is 0.394. The molecular weight excluding hydrogens is 392 g/mol. The van der Waals surface area contributed by atoms with Gasteiger partial charge in [-0.3, -0.25) is 4.79 Å². The lowest BCUT2D eigenvalue weighted by Crippen LogP contribution is -2.40. The van der Waals surface area contributed by atoms with Gasteiger partial charge in [0.25, 0.3) is 10.2 Å². The first kappa shape index (κ1) is 21.2. The van der Waals surface area contributed by atoms with Crippen molar-refractivity contribution in [3.05, 3.63) is 41.7 Å². The lowest BCUT2D eigenvalue weighted by atomic mass is 9.99. The Bertz CT molecular complexity index is 1010. The highest BCUT2D eigenvalue weighted by Gasteiger charge is 2.38. The molecule has 2 N–H and O–H groups in total. The maximum Gasteiger partial charge on any atom is 0.282 e. The van der Waals surface area contributed by atoms with Gasteiger partial charge in [0.15, 0.2) is 0 Å². The SMILES string of the molecule is CN(C)c1ncc(-c2ccc(C(N)=O)cc2)c(C2CCCN2S(=O)(=O)N(C)C)n1. The molecule has 1 aliphatic heterocycles. The van der Waals surface area contributed by atoms with E-state index in [0.29, 0.717) is 30.2 Å². The minimum Gasteiger partial charge on any atom is -0.366 e. The molecule has 1 unspecified atom stereocenters. The molecule has 1 atom stereocenters. The standard InChI is InChI=1S/C19H26N6O3S/c1-23(2)19-21-12-15(13-7-9-14(10-8-13)18(20)26)17(22-19)16-6-5-11-25(16)29(27,28)24(3)4/h7-10,12,16H,5-6,11H2,1-4H3,(H2,20,26). The van der Waals surface area contributed by atoms with Crippen LogP contribution < -0.4 is 10.6 Å². The molecule has 10 heteroatoms. The fourth-order valence-corrected chi connectivity index (χ4v) is 4.70. The molecule has 1 fully saturated rings. The summed E-state index contributed by atoms with van der Waals surface area (Å²) < 4.78 is 28.4. The Morgan fingerprint density at radius 3 is 2.38 bits per heavy atom. The summed E-state index contributed by atoms with van der Waals surface area (Å²) in [6.07, 6.45) is 3.12. The van der Waals surface area contributed by atoms with Gasteiger partial charge in [0.2, 0.25) is 11.9 Å². The zero-order valence-corrected chi connectivity index (χ0v) is 17.8. The van der Waals surface area contributed by atoms with Gasteiger partial charge >= 0.3 is 0 Å². The van der Waals surface area contributed by atoms with Crippen LogP contribution in [-0.2, 0) is 10.2 Å². The molecule has 0 bridgehead atoms. The van der Waals surface area contributed by atoms with E-state index in [2.05, 4.69) is 4.98 Å². The van der Waals surface area contributed by atoms with E-state index >= 15 is 0 Å². The van der Waals surface area contributed by atoms with Crippen LogP contribution in [-0.4, -0.2) is 67.6 Å². The van der Waals surface area contributed by atoms with Crippen LogP contribution in [0.1, 0.15) is 34.9 Å². The largest absolute Gasteiger partial charge is 0.366 e. The third kappa shape index (κ3) is 4.09. The summed E-state index contributed by atoms with van der Waals surface area (Å²) in [5.41, 5.74) is 7.91. The van der Waals surface area contributed by atoms with Crippen LogP contribution in [0.2, 0.25) is 0 Å². The Morgan fingerprint density at radius 2 is 1.83 bits per heavy atom. The van der Waals surface area contributed by atoms with Crippen LogP contribution >= 0.6 is 0 Å². The fourth-order valence-electron chi connectivity index (χ4n) is 3.39. The summed E-state index contributed by atoms with van der Waals surface area (Å²) in [7, 11) is 3.14. The number of carbonyl (C=O) groups excluding carboxylic acids is 1. The predicted octanol–water partition coefficient (Wildman–Crippen LogP) is 1.25. The van der Waals surface area contributed by atoms with Crippen molar-refractivity contribution < 1.29 is 13.2 Å². The lowest BCUT2D eigenvalue weighted by molar-refractivity contribution is 0.100. The van der Waals surface area contributed by atoms with E-state index in [1.54, 1.807) is 35.4 Å². The van der Waals surface area contributed by atoms with Gasteiger partial charge in [0.05, 0.1) is 11.7 Å². The summed E-state index contributed by atoms with van der Waals surface area (Å²) in [6, 6.07) is 6.44. The number of amides is 1. The van der Waals surface area contributed by atoms with E-state index < -0.39 is 22.2 Å². The fraction of sp³-hybridized carbons (Fsp3) is 0.421. The van der Waals surface area contributed by atoms with E-state index in [0.717, 1.165) is 17.5 Å². The normalized spacial score (nSPS) is 17.6. The van der Waals surface area contributed by atoms with Crippen LogP contribution in [0.25, 0.3) is 11.1 Å². The van der Waals surface area contributed by atoms with Crippen molar-refractivity contribution in [3.8, 4) is 11.1 Å². The number of aromatic nitrogens is 2. The van der Waals surface area contributed by atoms with Gasteiger partial charge in [-0.05, 0) is 30.5 Å². The van der Waals surface area contributed by atoms with E-state index in [4.69, 9.17) is 10.7 Å². The smallest absolute Gasteiger partial charge is 0.282 e. The van der Waals surface area contributed by atoms with Crippen molar-refractivity contribution in [2.75, 3.05) is 39.6 Å². The third-order valence-electron chi connectivity index (χ3n) is 4.96. The van der Waals surface area contributed by atoms with Gasteiger partial charge in [0, 0.05) is 52.1 Å². The molecule has 156 valence electrons. The van der Waals surface area contributed by atoms with Crippen molar-refractivity contribution in [3.63, 3.8) is 0 Å². The number of primary amides is 1. The average molecular weight is 419 g/mol. The lowest BCUT2D eigenvalue weighted by Gasteiger charge is -2.28. The second kappa shape index (κ2) is 8.05. The number of carbonyl (C=O) groups is 1. The number of rotatable bonds is 6. The molecule has 2 aromatic rings. The topological polar surface area (TPSA) is 113 Å². The maximum atomic E-state index is 12.8. The predicted molar refractivity (Wildman–Crippen MR) is 112 cm³/mol. The first-order valence-corrected chi connectivity index (χ1v) is 10.7. The molecule has 29 heavy (non-hydrogen) atoms. The Labute approximate surface area is 171 Å². The molecule has 9 nitrogen and oxygen atoms in total. The zero-order valence-electron chi connectivity index (χ0n) is 17.0. The minimum atomic E-state index is -3.59.